The molecule has 3 aromatic rings. The molecular weight excluding hydrogens is 336 g/mol. The summed E-state index contributed by atoms with van der Waals surface area (Å²) in [5.41, 5.74) is 4.30. The summed E-state index contributed by atoms with van der Waals surface area (Å²) in [7, 11) is 0. The Hall–Kier alpha value is -2.79. The number of fused-ring (bicyclic) bond motifs is 4. The first-order chi connectivity index (χ1) is 13.3. The van der Waals surface area contributed by atoms with Crippen LogP contribution in [0.2, 0.25) is 0 Å². The molecule has 1 saturated heterocycles. The Labute approximate surface area is 158 Å². The van der Waals surface area contributed by atoms with E-state index in [1.165, 1.54) is 5.56 Å². The zero-order chi connectivity index (χ0) is 18.2. The number of piperidine rings is 1. The maximum Gasteiger partial charge on any atom is 0.251 e. The molecule has 0 saturated carbocycles. The Morgan fingerprint density at radius 3 is 2.81 bits per heavy atom. The van der Waals surface area contributed by atoms with Crippen molar-refractivity contribution in [3.63, 3.8) is 0 Å². The van der Waals surface area contributed by atoms with E-state index in [-0.39, 0.29) is 5.56 Å². The Morgan fingerprint density at radius 2 is 2.00 bits per heavy atom. The van der Waals surface area contributed by atoms with Crippen LogP contribution in [0.5, 0.6) is 0 Å². The molecule has 5 heterocycles. The van der Waals surface area contributed by atoms with Gasteiger partial charge >= 0.3 is 0 Å². The van der Waals surface area contributed by atoms with Gasteiger partial charge in [-0.3, -0.25) is 19.7 Å². The summed E-state index contributed by atoms with van der Waals surface area (Å²) in [6.45, 7) is 3.76. The lowest BCUT2D eigenvalue weighted by atomic mass is 9.82. The molecule has 136 valence electrons. The molecule has 2 aliphatic heterocycles. The molecule has 3 aromatic heterocycles. The summed E-state index contributed by atoms with van der Waals surface area (Å²) < 4.78 is 1.99. The van der Waals surface area contributed by atoms with Gasteiger partial charge in [0.05, 0.1) is 5.69 Å². The first-order valence-electron chi connectivity index (χ1n) is 9.54. The summed E-state index contributed by atoms with van der Waals surface area (Å²) >= 11 is 0. The molecule has 5 nitrogen and oxygen atoms in total. The van der Waals surface area contributed by atoms with E-state index >= 15 is 0 Å². The molecule has 0 aliphatic carbocycles. The number of nitrogens with zero attached hydrogens (tertiary/aromatic N) is 4. The predicted octanol–water partition coefficient (Wildman–Crippen LogP) is 2.92. The molecule has 5 rings (SSSR count). The van der Waals surface area contributed by atoms with Crippen molar-refractivity contribution in [3.8, 4) is 11.3 Å². The van der Waals surface area contributed by atoms with E-state index in [2.05, 4.69) is 27.0 Å². The van der Waals surface area contributed by atoms with Gasteiger partial charge in [0.1, 0.15) is 0 Å². The van der Waals surface area contributed by atoms with Gasteiger partial charge in [-0.25, -0.2) is 0 Å². The minimum Gasteiger partial charge on any atom is -0.312 e. The standard InChI is InChI=1S/C22H22N4O/c27-22-10-18(20-5-1-2-7-24-20)9-21-19-8-17(14-26(21)22)13-25(15-19)12-16-4-3-6-23-11-16/h1-7,9-11,17,19H,8,12-15H2/t17-,19+/m0/s1. The third-order valence-corrected chi connectivity index (χ3v) is 5.72. The van der Waals surface area contributed by atoms with Crippen LogP contribution in [-0.4, -0.2) is 32.5 Å². The van der Waals surface area contributed by atoms with Gasteiger partial charge in [0.15, 0.2) is 0 Å². The van der Waals surface area contributed by atoms with Crippen LogP contribution in [0.3, 0.4) is 0 Å². The van der Waals surface area contributed by atoms with Crippen molar-refractivity contribution in [2.24, 2.45) is 5.92 Å². The number of pyridine rings is 3. The smallest absolute Gasteiger partial charge is 0.251 e. The van der Waals surface area contributed by atoms with Crippen LogP contribution >= 0.6 is 0 Å². The van der Waals surface area contributed by atoms with Gasteiger partial charge in [-0.1, -0.05) is 12.1 Å². The zero-order valence-corrected chi connectivity index (χ0v) is 15.2. The van der Waals surface area contributed by atoms with Gasteiger partial charge < -0.3 is 4.57 Å². The third-order valence-electron chi connectivity index (χ3n) is 5.72. The molecule has 0 aromatic carbocycles. The molecule has 2 bridgehead atoms. The second-order valence-corrected chi connectivity index (χ2v) is 7.69. The SMILES string of the molecule is O=c1cc(-c2ccccn2)cc2n1C[C@H]1C[C@@H]2CN(Cc2cccnc2)C1. The Bertz CT molecular complexity index is 1000. The fraction of sp³-hybridized carbons (Fsp3) is 0.318. The predicted molar refractivity (Wildman–Crippen MR) is 104 cm³/mol. The monoisotopic (exact) mass is 358 g/mol. The fourth-order valence-electron chi connectivity index (χ4n) is 4.62. The molecule has 5 heteroatoms. The van der Waals surface area contributed by atoms with E-state index in [0.29, 0.717) is 11.8 Å². The maximum absolute atomic E-state index is 12.8. The van der Waals surface area contributed by atoms with E-state index in [9.17, 15) is 4.79 Å². The summed E-state index contributed by atoms with van der Waals surface area (Å²) in [6.07, 6.45) is 6.70. The minimum absolute atomic E-state index is 0.101. The fourth-order valence-corrected chi connectivity index (χ4v) is 4.62. The van der Waals surface area contributed by atoms with Crippen LogP contribution in [-0.2, 0) is 13.1 Å². The molecule has 0 unspecified atom stereocenters. The zero-order valence-electron chi connectivity index (χ0n) is 15.2. The highest BCUT2D eigenvalue weighted by Gasteiger charge is 2.34. The molecule has 0 radical (unpaired) electrons. The average molecular weight is 358 g/mol. The molecule has 0 spiro atoms. The van der Waals surface area contributed by atoms with Crippen LogP contribution in [0.15, 0.2) is 65.8 Å². The normalized spacial score (nSPS) is 21.6. The van der Waals surface area contributed by atoms with Gasteiger partial charge in [0.2, 0.25) is 0 Å². The highest BCUT2D eigenvalue weighted by Crippen LogP contribution is 2.36. The summed E-state index contributed by atoms with van der Waals surface area (Å²) in [4.78, 5) is 23.9. The first-order valence-corrected chi connectivity index (χ1v) is 9.54. The van der Waals surface area contributed by atoms with Gasteiger partial charge in [-0.2, -0.15) is 0 Å². The summed E-state index contributed by atoms with van der Waals surface area (Å²) in [6, 6.07) is 13.9. The van der Waals surface area contributed by atoms with Crippen LogP contribution in [0.1, 0.15) is 23.6 Å². The van der Waals surface area contributed by atoms with Crippen molar-refractivity contribution in [3.05, 3.63) is 82.7 Å². The lowest BCUT2D eigenvalue weighted by Crippen LogP contribution is -2.46. The number of likely N-dealkylation sites (tertiary alicyclic amines) is 1. The van der Waals surface area contributed by atoms with Crippen molar-refractivity contribution in [2.75, 3.05) is 13.1 Å². The molecule has 0 amide bonds. The molecule has 2 aliphatic rings. The highest BCUT2D eigenvalue weighted by atomic mass is 16.1. The largest absolute Gasteiger partial charge is 0.312 e. The van der Waals surface area contributed by atoms with Crippen molar-refractivity contribution in [2.45, 2.75) is 25.4 Å². The van der Waals surface area contributed by atoms with Gasteiger partial charge in [0.25, 0.3) is 5.56 Å². The molecule has 1 fully saturated rings. The van der Waals surface area contributed by atoms with E-state index in [4.69, 9.17) is 0 Å². The summed E-state index contributed by atoms with van der Waals surface area (Å²) in [5.74, 6) is 0.928. The third kappa shape index (κ3) is 3.19. The van der Waals surface area contributed by atoms with Crippen molar-refractivity contribution < 1.29 is 0 Å². The summed E-state index contributed by atoms with van der Waals surface area (Å²) in [5, 5.41) is 0. The van der Waals surface area contributed by atoms with Crippen LogP contribution in [0.25, 0.3) is 11.3 Å². The number of aromatic nitrogens is 3. The molecule has 2 atom stereocenters. The van der Waals surface area contributed by atoms with E-state index in [1.54, 1.807) is 12.3 Å². The first kappa shape index (κ1) is 16.4. The van der Waals surface area contributed by atoms with Crippen molar-refractivity contribution in [1.82, 2.24) is 19.4 Å². The van der Waals surface area contributed by atoms with Crippen LogP contribution in [0.4, 0.5) is 0 Å². The Morgan fingerprint density at radius 1 is 1.04 bits per heavy atom. The maximum atomic E-state index is 12.8. The lowest BCUT2D eigenvalue weighted by molar-refractivity contribution is 0.114. The lowest BCUT2D eigenvalue weighted by Gasteiger charge is -2.43. The van der Waals surface area contributed by atoms with Gasteiger partial charge in [-0.15, -0.1) is 0 Å². The number of hydrogen-bond donors (Lipinski definition) is 0. The van der Waals surface area contributed by atoms with Crippen LogP contribution < -0.4 is 5.56 Å². The minimum atomic E-state index is 0.101. The van der Waals surface area contributed by atoms with Crippen molar-refractivity contribution >= 4 is 0 Å². The Balaban J connectivity index is 1.46. The molecular formula is C22H22N4O. The number of hydrogen-bond acceptors (Lipinski definition) is 4. The molecule has 27 heavy (non-hydrogen) atoms. The second-order valence-electron chi connectivity index (χ2n) is 7.69. The van der Waals surface area contributed by atoms with E-state index < -0.39 is 0 Å². The molecule has 0 N–H and O–H groups in total. The highest BCUT2D eigenvalue weighted by molar-refractivity contribution is 5.59. The van der Waals surface area contributed by atoms with E-state index in [1.807, 2.05) is 41.2 Å². The second kappa shape index (κ2) is 6.74. The van der Waals surface area contributed by atoms with Gasteiger partial charge in [0, 0.05) is 68.0 Å². The van der Waals surface area contributed by atoms with Crippen LogP contribution in [0, 0.1) is 5.92 Å². The number of rotatable bonds is 3. The Kier molecular flexibility index (Phi) is 4.09. The van der Waals surface area contributed by atoms with Crippen molar-refractivity contribution in [1.29, 1.82) is 0 Å². The van der Waals surface area contributed by atoms with Gasteiger partial charge in [-0.05, 0) is 42.2 Å². The quantitative estimate of drug-likeness (QED) is 0.722. The van der Waals surface area contributed by atoms with E-state index in [0.717, 1.165) is 49.6 Å². The average Bonchev–Trinajstić information content (AvgIpc) is 2.70. The topological polar surface area (TPSA) is 51.0 Å².